The van der Waals surface area contributed by atoms with Crippen LogP contribution in [0.15, 0.2) is 24.3 Å². The van der Waals surface area contributed by atoms with Crippen LogP contribution in [-0.4, -0.2) is 24.6 Å². The summed E-state index contributed by atoms with van der Waals surface area (Å²) in [7, 11) is 1.41. The third kappa shape index (κ3) is 5.07. The van der Waals surface area contributed by atoms with Crippen LogP contribution in [0.25, 0.3) is 0 Å². The molecule has 16 heavy (non-hydrogen) atoms. The number of nitrogens with two attached hydrogens (primary N) is 1. The number of nitrogen functional groups attached to an aromatic ring is 1. The fourth-order valence-electron chi connectivity index (χ4n) is 1.28. The first-order valence-corrected chi connectivity index (χ1v) is 6.37. The topological polar surface area (TPSA) is 52.3 Å². The Labute approximate surface area is 100 Å². The largest absolute Gasteiger partial charge is 0.468 e. The Kier molecular flexibility index (Phi) is 5.78. The van der Waals surface area contributed by atoms with Crippen molar-refractivity contribution in [1.29, 1.82) is 0 Å². The number of methoxy groups -OCH3 is 1. The number of hydrogen-bond donors (Lipinski definition) is 1. The van der Waals surface area contributed by atoms with Gasteiger partial charge in [0.1, 0.15) is 0 Å². The molecule has 0 bridgehead atoms. The number of benzene rings is 1. The van der Waals surface area contributed by atoms with Crippen molar-refractivity contribution in [1.82, 2.24) is 0 Å². The number of ether oxygens (including phenoxy) is 1. The third-order valence-corrected chi connectivity index (χ3v) is 3.20. The van der Waals surface area contributed by atoms with Crippen molar-refractivity contribution in [3.63, 3.8) is 0 Å². The highest BCUT2D eigenvalue weighted by atomic mass is 32.2. The van der Waals surface area contributed by atoms with Crippen molar-refractivity contribution in [3.8, 4) is 0 Å². The molecule has 0 aromatic heterocycles. The molecule has 3 nitrogen and oxygen atoms in total. The molecular weight excluding hydrogens is 222 g/mol. The maximum Gasteiger partial charge on any atom is 0.315 e. The van der Waals surface area contributed by atoms with E-state index in [-0.39, 0.29) is 5.97 Å². The van der Waals surface area contributed by atoms with Crippen LogP contribution >= 0.6 is 11.8 Å². The molecule has 0 heterocycles. The highest BCUT2D eigenvalue weighted by Crippen LogP contribution is 2.10. The number of esters is 1. The molecule has 0 spiro atoms. The minimum Gasteiger partial charge on any atom is -0.468 e. The molecule has 0 saturated carbocycles. The van der Waals surface area contributed by atoms with Crippen molar-refractivity contribution >= 4 is 23.4 Å². The van der Waals surface area contributed by atoms with Crippen LogP contribution in [-0.2, 0) is 16.0 Å². The predicted octanol–water partition coefficient (Wildman–Crippen LogP) is 2.11. The number of anilines is 1. The second-order valence-electron chi connectivity index (χ2n) is 3.47. The van der Waals surface area contributed by atoms with Gasteiger partial charge in [-0.3, -0.25) is 4.79 Å². The van der Waals surface area contributed by atoms with E-state index in [0.717, 1.165) is 24.3 Å². The highest BCUT2D eigenvalue weighted by molar-refractivity contribution is 7.99. The lowest BCUT2D eigenvalue weighted by molar-refractivity contribution is -0.137. The SMILES string of the molecule is COC(=O)CSCCCc1ccc(N)cc1. The van der Waals surface area contributed by atoms with E-state index in [1.165, 1.54) is 12.7 Å². The quantitative estimate of drug-likeness (QED) is 0.469. The van der Waals surface area contributed by atoms with Crippen LogP contribution in [0.5, 0.6) is 0 Å². The molecule has 0 aliphatic carbocycles. The van der Waals surface area contributed by atoms with Crippen molar-refractivity contribution in [2.75, 3.05) is 24.3 Å². The van der Waals surface area contributed by atoms with E-state index in [2.05, 4.69) is 4.74 Å². The van der Waals surface area contributed by atoms with Crippen molar-refractivity contribution in [3.05, 3.63) is 29.8 Å². The molecule has 0 aliphatic rings. The summed E-state index contributed by atoms with van der Waals surface area (Å²) in [5.74, 6) is 1.26. The number of aryl methyl sites for hydroxylation is 1. The summed E-state index contributed by atoms with van der Waals surface area (Å²) in [6.07, 6.45) is 2.08. The first-order chi connectivity index (χ1) is 7.72. The highest BCUT2D eigenvalue weighted by Gasteiger charge is 1.99. The van der Waals surface area contributed by atoms with E-state index in [9.17, 15) is 4.79 Å². The molecule has 0 saturated heterocycles. The van der Waals surface area contributed by atoms with Crippen molar-refractivity contribution < 1.29 is 9.53 Å². The second kappa shape index (κ2) is 7.17. The molecule has 1 aromatic carbocycles. The zero-order valence-electron chi connectivity index (χ0n) is 9.44. The molecule has 0 unspecified atom stereocenters. The molecule has 2 N–H and O–H groups in total. The molecule has 88 valence electrons. The van der Waals surface area contributed by atoms with Gasteiger partial charge in [0.15, 0.2) is 0 Å². The van der Waals surface area contributed by atoms with Gasteiger partial charge in [-0.15, -0.1) is 0 Å². The van der Waals surface area contributed by atoms with Crippen molar-refractivity contribution in [2.24, 2.45) is 0 Å². The fourth-order valence-corrected chi connectivity index (χ4v) is 2.05. The average Bonchev–Trinajstić information content (AvgIpc) is 2.31. The Morgan fingerprint density at radius 3 is 2.69 bits per heavy atom. The van der Waals surface area contributed by atoms with Gasteiger partial charge in [0.25, 0.3) is 0 Å². The van der Waals surface area contributed by atoms with E-state index < -0.39 is 0 Å². The Bertz CT molecular complexity index is 324. The maximum atomic E-state index is 10.8. The van der Waals surface area contributed by atoms with Gasteiger partial charge >= 0.3 is 5.97 Å². The Morgan fingerprint density at radius 1 is 1.38 bits per heavy atom. The minimum absolute atomic E-state index is 0.155. The van der Waals surface area contributed by atoms with Crippen LogP contribution in [0.1, 0.15) is 12.0 Å². The molecule has 1 aromatic rings. The van der Waals surface area contributed by atoms with Crippen LogP contribution < -0.4 is 5.73 Å². The molecule has 0 aliphatic heterocycles. The Hall–Kier alpha value is -1.16. The van der Waals surface area contributed by atoms with E-state index in [4.69, 9.17) is 5.73 Å². The summed E-state index contributed by atoms with van der Waals surface area (Å²) in [6, 6.07) is 7.91. The number of carbonyl (C=O) groups excluding carboxylic acids is 1. The minimum atomic E-state index is -0.155. The lowest BCUT2D eigenvalue weighted by Crippen LogP contribution is -2.03. The number of hydrogen-bond acceptors (Lipinski definition) is 4. The number of thioether (sulfide) groups is 1. The van der Waals surface area contributed by atoms with Gasteiger partial charge in [-0.2, -0.15) is 11.8 Å². The second-order valence-corrected chi connectivity index (χ2v) is 4.58. The summed E-state index contributed by atoms with van der Waals surface area (Å²) in [6.45, 7) is 0. The maximum absolute atomic E-state index is 10.8. The zero-order chi connectivity index (χ0) is 11.8. The van der Waals surface area contributed by atoms with Gasteiger partial charge in [-0.25, -0.2) is 0 Å². The zero-order valence-corrected chi connectivity index (χ0v) is 10.3. The van der Waals surface area contributed by atoms with E-state index in [1.807, 2.05) is 24.3 Å². The summed E-state index contributed by atoms with van der Waals surface area (Å²) < 4.78 is 4.55. The van der Waals surface area contributed by atoms with E-state index in [1.54, 1.807) is 11.8 Å². The number of carbonyl (C=O) groups is 1. The summed E-state index contributed by atoms with van der Waals surface area (Å²) >= 11 is 1.61. The Balaban J connectivity index is 2.11. The lowest BCUT2D eigenvalue weighted by atomic mass is 10.1. The van der Waals surface area contributed by atoms with E-state index >= 15 is 0 Å². The molecule has 0 amide bonds. The Morgan fingerprint density at radius 2 is 2.06 bits per heavy atom. The van der Waals surface area contributed by atoms with Gasteiger partial charge in [0.05, 0.1) is 12.9 Å². The van der Waals surface area contributed by atoms with Gasteiger partial charge in [0.2, 0.25) is 0 Å². The third-order valence-electron chi connectivity index (χ3n) is 2.18. The van der Waals surface area contributed by atoms with Crippen LogP contribution in [0.4, 0.5) is 5.69 Å². The average molecular weight is 239 g/mol. The van der Waals surface area contributed by atoms with Crippen LogP contribution in [0.3, 0.4) is 0 Å². The van der Waals surface area contributed by atoms with Gasteiger partial charge < -0.3 is 10.5 Å². The summed E-state index contributed by atoms with van der Waals surface area (Å²) in [5.41, 5.74) is 7.68. The fraction of sp³-hybridized carbons (Fsp3) is 0.417. The molecular formula is C12H17NO2S. The van der Waals surface area contributed by atoms with Crippen LogP contribution in [0, 0.1) is 0 Å². The van der Waals surface area contributed by atoms with Gasteiger partial charge in [0, 0.05) is 5.69 Å². The van der Waals surface area contributed by atoms with Gasteiger partial charge in [-0.1, -0.05) is 12.1 Å². The molecule has 4 heteroatoms. The first-order valence-electron chi connectivity index (χ1n) is 5.21. The molecule has 0 radical (unpaired) electrons. The van der Waals surface area contributed by atoms with Gasteiger partial charge in [-0.05, 0) is 36.3 Å². The molecule has 0 fully saturated rings. The molecule has 0 atom stereocenters. The predicted molar refractivity (Wildman–Crippen MR) is 68.5 cm³/mol. The summed E-state index contributed by atoms with van der Waals surface area (Å²) in [4.78, 5) is 10.8. The molecule has 1 rings (SSSR count). The lowest BCUT2D eigenvalue weighted by Gasteiger charge is -2.02. The van der Waals surface area contributed by atoms with Crippen LogP contribution in [0.2, 0.25) is 0 Å². The first kappa shape index (κ1) is 12.9. The normalized spacial score (nSPS) is 10.1. The van der Waals surface area contributed by atoms with E-state index in [0.29, 0.717) is 5.75 Å². The number of rotatable bonds is 6. The standard InChI is InChI=1S/C12H17NO2S/c1-15-12(14)9-16-8-2-3-10-4-6-11(13)7-5-10/h4-7H,2-3,8-9,13H2,1H3. The summed E-state index contributed by atoms with van der Waals surface area (Å²) in [5, 5.41) is 0. The smallest absolute Gasteiger partial charge is 0.315 e. The van der Waals surface area contributed by atoms with Crippen molar-refractivity contribution in [2.45, 2.75) is 12.8 Å². The monoisotopic (exact) mass is 239 g/mol.